The predicted molar refractivity (Wildman–Crippen MR) is 77.4 cm³/mol. The highest BCUT2D eigenvalue weighted by Crippen LogP contribution is 2.33. The highest BCUT2D eigenvalue weighted by molar-refractivity contribution is 5.78. The van der Waals surface area contributed by atoms with E-state index in [0.29, 0.717) is 5.58 Å². The van der Waals surface area contributed by atoms with Gasteiger partial charge in [-0.25, -0.2) is 9.82 Å². The molecule has 2 aromatic rings. The Morgan fingerprint density at radius 1 is 1.35 bits per heavy atom. The topological polar surface area (TPSA) is 51.2 Å². The molecule has 0 aliphatic heterocycles. The van der Waals surface area contributed by atoms with Gasteiger partial charge in [0.25, 0.3) is 0 Å². The SMILES string of the molecule is NNC(CCC1CCCC1)c1cc2cccc(F)c2o1. The van der Waals surface area contributed by atoms with Gasteiger partial charge >= 0.3 is 0 Å². The van der Waals surface area contributed by atoms with Gasteiger partial charge in [0.15, 0.2) is 11.4 Å². The number of benzene rings is 1. The van der Waals surface area contributed by atoms with Gasteiger partial charge in [0.05, 0.1) is 6.04 Å². The first-order chi connectivity index (χ1) is 9.78. The van der Waals surface area contributed by atoms with Crippen molar-refractivity contribution in [1.82, 2.24) is 5.43 Å². The second-order valence-corrected chi connectivity index (χ2v) is 5.75. The molecule has 20 heavy (non-hydrogen) atoms. The molecule has 0 spiro atoms. The summed E-state index contributed by atoms with van der Waals surface area (Å²) in [5, 5.41) is 0.793. The van der Waals surface area contributed by atoms with E-state index in [9.17, 15) is 4.39 Å². The molecule has 1 aromatic heterocycles. The maximum atomic E-state index is 13.7. The van der Waals surface area contributed by atoms with E-state index in [4.69, 9.17) is 10.3 Å². The standard InChI is InChI=1S/C16H21FN2O/c17-13-7-3-6-12-10-15(20-16(12)13)14(19-18)9-8-11-4-1-2-5-11/h3,6-7,10-11,14,19H,1-2,4-5,8-9,18H2. The number of furan rings is 1. The molecular formula is C16H21FN2O. The van der Waals surface area contributed by atoms with Gasteiger partial charge in [-0.2, -0.15) is 0 Å². The van der Waals surface area contributed by atoms with Crippen LogP contribution in [0.1, 0.15) is 50.3 Å². The second-order valence-electron chi connectivity index (χ2n) is 5.75. The zero-order valence-electron chi connectivity index (χ0n) is 11.6. The maximum Gasteiger partial charge on any atom is 0.169 e. The summed E-state index contributed by atoms with van der Waals surface area (Å²) in [6.45, 7) is 0. The van der Waals surface area contributed by atoms with Crippen molar-refractivity contribution < 1.29 is 8.81 Å². The molecule has 108 valence electrons. The lowest BCUT2D eigenvalue weighted by Gasteiger charge is -2.15. The average Bonchev–Trinajstić information content (AvgIpc) is 3.09. The summed E-state index contributed by atoms with van der Waals surface area (Å²) in [7, 11) is 0. The highest BCUT2D eigenvalue weighted by Gasteiger charge is 2.20. The largest absolute Gasteiger partial charge is 0.456 e. The molecule has 0 saturated heterocycles. The van der Waals surface area contributed by atoms with Crippen LogP contribution < -0.4 is 11.3 Å². The summed E-state index contributed by atoms with van der Waals surface area (Å²) >= 11 is 0. The summed E-state index contributed by atoms with van der Waals surface area (Å²) < 4.78 is 19.3. The Kier molecular flexibility index (Phi) is 4.03. The first kappa shape index (κ1) is 13.6. The van der Waals surface area contributed by atoms with Crippen LogP contribution in [0.25, 0.3) is 11.0 Å². The minimum Gasteiger partial charge on any atom is -0.456 e. The van der Waals surface area contributed by atoms with Crippen LogP contribution in [0.5, 0.6) is 0 Å². The summed E-state index contributed by atoms with van der Waals surface area (Å²) in [5.41, 5.74) is 3.13. The molecule has 1 saturated carbocycles. The van der Waals surface area contributed by atoms with E-state index in [0.717, 1.165) is 29.9 Å². The van der Waals surface area contributed by atoms with Crippen molar-refractivity contribution in [2.45, 2.75) is 44.6 Å². The van der Waals surface area contributed by atoms with Crippen LogP contribution in [0.4, 0.5) is 4.39 Å². The lowest BCUT2D eigenvalue weighted by molar-refractivity contribution is 0.369. The molecule has 0 radical (unpaired) electrons. The zero-order chi connectivity index (χ0) is 13.9. The summed E-state index contributed by atoms with van der Waals surface area (Å²) in [6.07, 6.45) is 7.43. The van der Waals surface area contributed by atoms with Crippen LogP contribution in [0.3, 0.4) is 0 Å². The third-order valence-electron chi connectivity index (χ3n) is 4.40. The number of para-hydroxylation sites is 1. The summed E-state index contributed by atoms with van der Waals surface area (Å²) in [6, 6.07) is 6.81. The second kappa shape index (κ2) is 5.94. The van der Waals surface area contributed by atoms with Crippen molar-refractivity contribution in [1.29, 1.82) is 0 Å². The Morgan fingerprint density at radius 2 is 2.15 bits per heavy atom. The normalized spacial score (nSPS) is 17.9. The Labute approximate surface area is 118 Å². The lowest BCUT2D eigenvalue weighted by atomic mass is 9.98. The number of hydrogen-bond acceptors (Lipinski definition) is 3. The van der Waals surface area contributed by atoms with Crippen molar-refractivity contribution in [3.8, 4) is 0 Å². The molecule has 4 heteroatoms. The lowest BCUT2D eigenvalue weighted by Crippen LogP contribution is -2.28. The Hall–Kier alpha value is -1.39. The fraction of sp³-hybridized carbons (Fsp3) is 0.500. The van der Waals surface area contributed by atoms with Gasteiger partial charge in [0.1, 0.15) is 5.76 Å². The summed E-state index contributed by atoms with van der Waals surface area (Å²) in [4.78, 5) is 0. The van der Waals surface area contributed by atoms with E-state index in [-0.39, 0.29) is 11.9 Å². The molecule has 1 heterocycles. The molecule has 1 aromatic carbocycles. The van der Waals surface area contributed by atoms with Crippen LogP contribution >= 0.6 is 0 Å². The van der Waals surface area contributed by atoms with Gasteiger partial charge in [-0.15, -0.1) is 0 Å². The van der Waals surface area contributed by atoms with Crippen molar-refractivity contribution in [3.63, 3.8) is 0 Å². The molecule has 0 bridgehead atoms. The number of nitrogens with two attached hydrogens (primary N) is 1. The van der Waals surface area contributed by atoms with Crippen molar-refractivity contribution >= 4 is 11.0 Å². The minimum absolute atomic E-state index is 0.0394. The van der Waals surface area contributed by atoms with Gasteiger partial charge in [-0.3, -0.25) is 5.84 Å². The van der Waals surface area contributed by atoms with Crippen molar-refractivity contribution in [2.24, 2.45) is 11.8 Å². The molecule has 1 atom stereocenters. The first-order valence-electron chi connectivity index (χ1n) is 7.42. The molecule has 1 unspecified atom stereocenters. The van der Waals surface area contributed by atoms with E-state index in [1.807, 2.05) is 12.1 Å². The minimum atomic E-state index is -0.319. The maximum absolute atomic E-state index is 13.7. The van der Waals surface area contributed by atoms with Crippen LogP contribution in [0, 0.1) is 11.7 Å². The van der Waals surface area contributed by atoms with Gasteiger partial charge in [0.2, 0.25) is 0 Å². The van der Waals surface area contributed by atoms with E-state index in [1.54, 1.807) is 6.07 Å². The van der Waals surface area contributed by atoms with Gasteiger partial charge in [-0.1, -0.05) is 37.8 Å². The molecule has 3 nitrogen and oxygen atoms in total. The van der Waals surface area contributed by atoms with Crippen LogP contribution in [-0.2, 0) is 0 Å². The predicted octanol–water partition coefficient (Wildman–Crippen LogP) is 4.05. The molecular weight excluding hydrogens is 255 g/mol. The number of fused-ring (bicyclic) bond motifs is 1. The first-order valence-corrected chi connectivity index (χ1v) is 7.42. The zero-order valence-corrected chi connectivity index (χ0v) is 11.6. The number of hydrogen-bond donors (Lipinski definition) is 2. The van der Waals surface area contributed by atoms with E-state index < -0.39 is 0 Å². The molecule has 1 fully saturated rings. The van der Waals surface area contributed by atoms with Crippen molar-refractivity contribution in [3.05, 3.63) is 35.8 Å². The number of rotatable bonds is 5. The summed E-state index contributed by atoms with van der Waals surface area (Å²) in [5.74, 6) is 6.87. The molecule has 1 aliphatic carbocycles. The molecule has 3 N–H and O–H groups in total. The molecule has 1 aliphatic rings. The quantitative estimate of drug-likeness (QED) is 0.640. The number of hydrazine groups is 1. The van der Waals surface area contributed by atoms with Gasteiger partial charge in [0, 0.05) is 5.39 Å². The fourth-order valence-corrected chi connectivity index (χ4v) is 3.23. The Morgan fingerprint density at radius 3 is 2.85 bits per heavy atom. The number of halogens is 1. The van der Waals surface area contributed by atoms with E-state index >= 15 is 0 Å². The van der Waals surface area contributed by atoms with E-state index in [2.05, 4.69) is 5.43 Å². The smallest absolute Gasteiger partial charge is 0.169 e. The van der Waals surface area contributed by atoms with E-state index in [1.165, 1.54) is 31.7 Å². The Balaban J connectivity index is 1.74. The fourth-order valence-electron chi connectivity index (χ4n) is 3.23. The monoisotopic (exact) mass is 276 g/mol. The molecule has 0 amide bonds. The highest BCUT2D eigenvalue weighted by atomic mass is 19.1. The molecule has 3 rings (SSSR count). The van der Waals surface area contributed by atoms with Gasteiger partial charge < -0.3 is 4.42 Å². The van der Waals surface area contributed by atoms with Crippen LogP contribution in [0.15, 0.2) is 28.7 Å². The third kappa shape index (κ3) is 2.72. The van der Waals surface area contributed by atoms with Gasteiger partial charge in [-0.05, 0) is 30.9 Å². The third-order valence-corrected chi connectivity index (χ3v) is 4.40. The van der Waals surface area contributed by atoms with Crippen molar-refractivity contribution in [2.75, 3.05) is 0 Å². The number of nitrogens with one attached hydrogen (secondary N) is 1. The average molecular weight is 276 g/mol. The van der Waals surface area contributed by atoms with Crippen LogP contribution in [-0.4, -0.2) is 0 Å². The van der Waals surface area contributed by atoms with Crippen LogP contribution in [0.2, 0.25) is 0 Å². The Bertz CT molecular complexity index is 575.